The number of carbonyl (C=O) groups excluding carboxylic acids is 2. The number of nitrogens with one attached hydrogen (secondary N) is 1. The SMILES string of the molecule is CCN(C(=O)c1cc(F)ccc1N1CCN([C@@H]2CCN(C(=O)[C@@H]3CC[C@H](N(C)[SH]=O)CN3)C2)c2ncncc21)C(C)C. The number of hydrogen-bond acceptors (Lipinski definition) is 8. The maximum atomic E-state index is 14.4. The third-order valence-electron chi connectivity index (χ3n) is 8.76. The summed E-state index contributed by atoms with van der Waals surface area (Å²) in [5.41, 5.74) is 1.70. The van der Waals surface area contributed by atoms with Gasteiger partial charge in [0.15, 0.2) is 5.82 Å². The first kappa shape index (κ1) is 30.3. The van der Waals surface area contributed by atoms with Gasteiger partial charge in [-0.05, 0) is 65.3 Å². The number of thiol groups is 1. The maximum absolute atomic E-state index is 14.4. The Kier molecular flexibility index (Phi) is 9.38. The van der Waals surface area contributed by atoms with Crippen LogP contribution in [0.1, 0.15) is 50.4 Å². The number of nitrogens with zero attached hydrogens (tertiary/aromatic N) is 7. The molecule has 2 aromatic rings. The number of likely N-dealkylation sites (N-methyl/N-ethyl adjacent to an activating group) is 1. The van der Waals surface area contributed by atoms with E-state index in [1.807, 2.05) is 37.6 Å². The predicted molar refractivity (Wildman–Crippen MR) is 162 cm³/mol. The Labute approximate surface area is 250 Å². The second-order valence-electron chi connectivity index (χ2n) is 11.5. The molecule has 3 atom stereocenters. The Balaban J connectivity index is 1.33. The van der Waals surface area contributed by atoms with E-state index in [2.05, 4.69) is 20.2 Å². The first-order valence-corrected chi connectivity index (χ1v) is 15.5. The monoisotopic (exact) mass is 600 g/mol. The summed E-state index contributed by atoms with van der Waals surface area (Å²) in [6.45, 7) is 9.43. The molecule has 0 saturated carbocycles. The molecule has 0 spiro atoms. The van der Waals surface area contributed by atoms with Crippen LogP contribution in [0.25, 0.3) is 0 Å². The van der Waals surface area contributed by atoms with Crippen LogP contribution in [-0.4, -0.2) is 111 Å². The summed E-state index contributed by atoms with van der Waals surface area (Å²) in [6.07, 6.45) is 5.61. The van der Waals surface area contributed by atoms with E-state index in [1.54, 1.807) is 21.5 Å². The van der Waals surface area contributed by atoms with Gasteiger partial charge in [-0.1, -0.05) is 0 Å². The molecule has 2 saturated heterocycles. The molecule has 13 heteroatoms. The van der Waals surface area contributed by atoms with Gasteiger partial charge in [-0.2, -0.15) is 0 Å². The van der Waals surface area contributed by atoms with Crippen molar-refractivity contribution in [2.24, 2.45) is 0 Å². The predicted octanol–water partition coefficient (Wildman–Crippen LogP) is 1.96. The molecule has 1 aromatic carbocycles. The molecule has 11 nitrogen and oxygen atoms in total. The largest absolute Gasteiger partial charge is 0.348 e. The van der Waals surface area contributed by atoms with Gasteiger partial charge >= 0.3 is 0 Å². The highest BCUT2D eigenvalue weighted by molar-refractivity contribution is 7.62. The quantitative estimate of drug-likeness (QED) is 0.444. The van der Waals surface area contributed by atoms with Gasteiger partial charge in [-0.15, -0.1) is 0 Å². The molecule has 228 valence electrons. The maximum Gasteiger partial charge on any atom is 0.256 e. The lowest BCUT2D eigenvalue weighted by Crippen LogP contribution is -2.54. The van der Waals surface area contributed by atoms with Crippen molar-refractivity contribution >= 4 is 40.9 Å². The van der Waals surface area contributed by atoms with E-state index in [-0.39, 0.29) is 47.8 Å². The summed E-state index contributed by atoms with van der Waals surface area (Å²) in [4.78, 5) is 43.8. The molecule has 2 amide bonds. The molecular weight excluding hydrogens is 559 g/mol. The van der Waals surface area contributed by atoms with Crippen LogP contribution in [0.15, 0.2) is 30.7 Å². The van der Waals surface area contributed by atoms with Crippen LogP contribution in [0.2, 0.25) is 0 Å². The van der Waals surface area contributed by atoms with Crippen molar-refractivity contribution in [1.29, 1.82) is 0 Å². The van der Waals surface area contributed by atoms with E-state index in [1.165, 1.54) is 18.5 Å². The highest BCUT2D eigenvalue weighted by atomic mass is 32.2. The fourth-order valence-corrected chi connectivity index (χ4v) is 6.77. The van der Waals surface area contributed by atoms with E-state index in [9.17, 15) is 18.2 Å². The molecule has 2 fully saturated rings. The average molecular weight is 601 g/mol. The second-order valence-corrected chi connectivity index (χ2v) is 12.3. The Morgan fingerprint density at radius 3 is 2.67 bits per heavy atom. The second kappa shape index (κ2) is 13.0. The number of likely N-dealkylation sites (tertiary alicyclic amines) is 1. The van der Waals surface area contributed by atoms with Gasteiger partial charge in [-0.3, -0.25) is 9.59 Å². The van der Waals surface area contributed by atoms with Gasteiger partial charge < -0.3 is 24.9 Å². The molecule has 1 aromatic heterocycles. The van der Waals surface area contributed by atoms with Gasteiger partial charge in [0.05, 0.1) is 35.3 Å². The number of anilines is 3. The van der Waals surface area contributed by atoms with Crippen molar-refractivity contribution in [3.63, 3.8) is 0 Å². The summed E-state index contributed by atoms with van der Waals surface area (Å²) in [6, 6.07) is 4.35. The van der Waals surface area contributed by atoms with Crippen molar-refractivity contribution in [3.05, 3.63) is 42.1 Å². The third-order valence-corrected chi connectivity index (χ3v) is 9.35. The highest BCUT2D eigenvalue weighted by Gasteiger charge is 2.39. The van der Waals surface area contributed by atoms with E-state index in [0.717, 1.165) is 24.3 Å². The van der Waals surface area contributed by atoms with E-state index in [4.69, 9.17) is 0 Å². The molecule has 0 bridgehead atoms. The standard InChI is InChI=1S/C29H41FN8O3S/c1-5-36(19(2)3)28(39)23-14-20(30)6-9-25(23)38-13-12-37(27-26(38)16-31-18-33-27)22-10-11-35(17-22)29(40)24-8-7-21(15-32-24)34(4)42-41/h6,9,14,16,18-19,21-22,24,32,42H,5,7-8,10-13,15,17H2,1-4H3/t21-,22+,24-/m0/s1. The lowest BCUT2D eigenvalue weighted by Gasteiger charge is -2.41. The molecule has 1 N–H and O–H groups in total. The van der Waals surface area contributed by atoms with Gasteiger partial charge in [0.1, 0.15) is 17.8 Å². The van der Waals surface area contributed by atoms with Gasteiger partial charge in [0.2, 0.25) is 5.91 Å². The summed E-state index contributed by atoms with van der Waals surface area (Å²) < 4.78 is 27.4. The highest BCUT2D eigenvalue weighted by Crippen LogP contribution is 2.39. The molecule has 3 aliphatic rings. The lowest BCUT2D eigenvalue weighted by molar-refractivity contribution is -0.133. The average Bonchev–Trinajstić information content (AvgIpc) is 3.50. The van der Waals surface area contributed by atoms with Crippen LogP contribution in [0.5, 0.6) is 0 Å². The van der Waals surface area contributed by atoms with E-state index < -0.39 is 5.82 Å². The zero-order valence-electron chi connectivity index (χ0n) is 24.7. The number of rotatable bonds is 8. The molecule has 4 heterocycles. The minimum absolute atomic E-state index is 0.00522. The number of amides is 2. The summed E-state index contributed by atoms with van der Waals surface area (Å²) in [5, 5.41) is 3.36. The zero-order valence-corrected chi connectivity index (χ0v) is 25.6. The van der Waals surface area contributed by atoms with Crippen LogP contribution in [-0.2, 0) is 16.6 Å². The van der Waals surface area contributed by atoms with E-state index in [0.29, 0.717) is 56.9 Å². The fourth-order valence-electron chi connectivity index (χ4n) is 6.43. The van der Waals surface area contributed by atoms with Gasteiger partial charge in [0.25, 0.3) is 5.91 Å². The molecule has 0 unspecified atom stereocenters. The lowest BCUT2D eigenvalue weighted by atomic mass is 10.00. The zero-order chi connectivity index (χ0) is 30.0. The normalized spacial score (nSPS) is 22.5. The van der Waals surface area contributed by atoms with Gasteiger partial charge in [-0.25, -0.2) is 22.9 Å². The minimum atomic E-state index is -0.458. The molecule has 42 heavy (non-hydrogen) atoms. The van der Waals surface area contributed by atoms with Crippen molar-refractivity contribution in [2.75, 3.05) is 56.1 Å². The minimum Gasteiger partial charge on any atom is -0.348 e. The van der Waals surface area contributed by atoms with E-state index >= 15 is 0 Å². The summed E-state index contributed by atoms with van der Waals surface area (Å²) in [5.74, 6) is 0.184. The smallest absolute Gasteiger partial charge is 0.256 e. The van der Waals surface area contributed by atoms with Crippen LogP contribution in [0, 0.1) is 5.82 Å². The number of hydrogen-bond donors (Lipinski definition) is 2. The molecule has 0 radical (unpaired) electrons. The van der Waals surface area contributed by atoms with Crippen molar-refractivity contribution < 1.29 is 18.2 Å². The third kappa shape index (κ3) is 6.00. The topological polar surface area (TPSA) is 105 Å². The number of piperidine rings is 1. The Bertz CT molecular complexity index is 1310. The van der Waals surface area contributed by atoms with Crippen molar-refractivity contribution in [1.82, 2.24) is 29.4 Å². The molecule has 5 rings (SSSR count). The van der Waals surface area contributed by atoms with Crippen LogP contribution in [0.3, 0.4) is 0 Å². The summed E-state index contributed by atoms with van der Waals surface area (Å²) >= 11 is -0.00522. The fraction of sp³-hybridized carbons (Fsp3) is 0.586. The van der Waals surface area contributed by atoms with Crippen molar-refractivity contribution in [2.45, 2.75) is 64.2 Å². The summed E-state index contributed by atoms with van der Waals surface area (Å²) in [7, 11) is 1.81. The first-order chi connectivity index (χ1) is 20.2. The number of carbonyl (C=O) groups is 2. The number of aromatic nitrogens is 2. The van der Waals surface area contributed by atoms with Crippen LogP contribution < -0.4 is 15.1 Å². The van der Waals surface area contributed by atoms with Crippen molar-refractivity contribution in [3.8, 4) is 0 Å². The molecule has 0 aliphatic carbocycles. The number of benzene rings is 1. The number of fused-ring (bicyclic) bond motifs is 1. The Hall–Kier alpha value is -3.16. The molecular formula is C29H41FN8O3S. The van der Waals surface area contributed by atoms with Crippen LogP contribution >= 0.6 is 0 Å². The Morgan fingerprint density at radius 1 is 1.17 bits per heavy atom. The Morgan fingerprint density at radius 2 is 1.98 bits per heavy atom. The molecule has 3 aliphatic heterocycles. The van der Waals surface area contributed by atoms with Gasteiger partial charge in [0, 0.05) is 57.4 Å². The van der Waals surface area contributed by atoms with Crippen LogP contribution in [0.4, 0.5) is 21.6 Å². The number of halogens is 1. The first-order valence-electron chi connectivity index (χ1n) is 14.8.